The van der Waals surface area contributed by atoms with Gasteiger partial charge in [0.05, 0.1) is 0 Å². The summed E-state index contributed by atoms with van der Waals surface area (Å²) in [4.78, 5) is 3.88. The van der Waals surface area contributed by atoms with Gasteiger partial charge in [-0.2, -0.15) is 0 Å². The van der Waals surface area contributed by atoms with Crippen molar-refractivity contribution in [1.82, 2.24) is 4.98 Å². The first-order valence-electron chi connectivity index (χ1n) is 2.01. The fraction of sp³-hybridized carbons (Fsp3) is 0. The minimum atomic E-state index is 0. The zero-order valence-corrected chi connectivity index (χ0v) is 8.99. The van der Waals surface area contributed by atoms with Crippen molar-refractivity contribution in [3.63, 3.8) is 0 Å². The van der Waals surface area contributed by atoms with Crippen LogP contribution < -0.4 is 3.87 Å². The van der Waals surface area contributed by atoms with E-state index in [-0.39, 0.29) is 37.2 Å². The van der Waals surface area contributed by atoms with Crippen molar-refractivity contribution >= 4 is 41.1 Å². The maximum absolute atomic E-state index is 3.88. The fourth-order valence-corrected chi connectivity index (χ4v) is 0.629. The number of halogens is 3. The van der Waals surface area contributed by atoms with E-state index < -0.39 is 0 Å². The van der Waals surface area contributed by atoms with Crippen LogP contribution in [-0.4, -0.2) is 4.98 Å². The first kappa shape index (κ1) is 17.0. The number of rotatable bonds is 0. The molecule has 0 amide bonds. The van der Waals surface area contributed by atoms with Crippen LogP contribution in [0, 0.1) is 0 Å². The summed E-state index contributed by atoms with van der Waals surface area (Å²) in [5, 5.41) is 0. The van der Waals surface area contributed by atoms with Crippen molar-refractivity contribution in [3.05, 3.63) is 24.5 Å². The normalized spacial score (nSPS) is 5.90. The number of hydrogen-bond acceptors (Lipinski definition) is 1. The van der Waals surface area contributed by atoms with Gasteiger partial charge < -0.3 is 0 Å². The first-order chi connectivity index (χ1) is 3.39. The van der Waals surface area contributed by atoms with Crippen LogP contribution in [0.1, 0.15) is 0 Å². The van der Waals surface area contributed by atoms with Crippen LogP contribution in [0.2, 0.25) is 0 Å². The molecule has 0 aliphatic rings. The Balaban J connectivity index is -0.000000163. The number of aromatic nitrogens is 1. The van der Waals surface area contributed by atoms with E-state index in [4.69, 9.17) is 0 Å². The standard InChI is InChI=1S/C5H4N.3ClH.Ti/c1-2-4-6-5-3-1;;;;/h1-2,4-5H;3*1H;. The molecule has 0 fully saturated rings. The molecule has 0 saturated heterocycles. The molecule has 0 aliphatic carbocycles. The summed E-state index contributed by atoms with van der Waals surface area (Å²) in [7, 11) is 0. The van der Waals surface area contributed by atoms with Crippen LogP contribution in [-0.2, 0) is 20.4 Å². The predicted molar refractivity (Wildman–Crippen MR) is 45.6 cm³/mol. The monoisotopic (exact) mass is 234 g/mol. The third-order valence-electron chi connectivity index (χ3n) is 0.662. The van der Waals surface area contributed by atoms with Crippen molar-refractivity contribution in [3.8, 4) is 0 Å². The summed E-state index contributed by atoms with van der Waals surface area (Å²) in [5.41, 5.74) is 0. The van der Waals surface area contributed by atoms with Crippen LogP contribution in [0.25, 0.3) is 0 Å². The van der Waals surface area contributed by atoms with Crippen molar-refractivity contribution in [2.45, 2.75) is 0 Å². The van der Waals surface area contributed by atoms with Gasteiger partial charge in [-0.1, -0.05) is 0 Å². The van der Waals surface area contributed by atoms with Gasteiger partial charge >= 0.3 is 53.8 Å². The van der Waals surface area contributed by atoms with Gasteiger partial charge in [-0.25, -0.2) is 0 Å². The van der Waals surface area contributed by atoms with Gasteiger partial charge in [-0.05, 0) is 0 Å². The van der Waals surface area contributed by atoms with Crippen LogP contribution >= 0.6 is 37.2 Å². The SMILES string of the molecule is Cl.Cl.Cl.[Ti][c]1cccnc1. The molecule has 0 atom stereocenters. The molecule has 57 valence electrons. The van der Waals surface area contributed by atoms with E-state index in [2.05, 4.69) is 4.98 Å². The van der Waals surface area contributed by atoms with E-state index in [0.29, 0.717) is 0 Å². The van der Waals surface area contributed by atoms with Crippen LogP contribution in [0.5, 0.6) is 0 Å². The van der Waals surface area contributed by atoms with Gasteiger partial charge in [0, 0.05) is 0 Å². The van der Waals surface area contributed by atoms with Crippen molar-refractivity contribution in [2.24, 2.45) is 0 Å². The van der Waals surface area contributed by atoms with Gasteiger partial charge in [0.2, 0.25) is 0 Å². The molecule has 0 radical (unpaired) electrons. The predicted octanol–water partition coefficient (Wildman–Crippen LogP) is 1.52. The zero-order chi connectivity index (χ0) is 5.11. The fourth-order valence-electron chi connectivity index (χ4n) is 0.363. The molecule has 0 aromatic carbocycles. The summed E-state index contributed by atoms with van der Waals surface area (Å²) >= 11 is 2.02. The summed E-state index contributed by atoms with van der Waals surface area (Å²) < 4.78 is 1.21. The van der Waals surface area contributed by atoms with E-state index in [0.717, 1.165) is 0 Å². The van der Waals surface area contributed by atoms with Gasteiger partial charge in [-0.15, -0.1) is 37.2 Å². The second-order valence-corrected chi connectivity index (χ2v) is 2.14. The van der Waals surface area contributed by atoms with E-state index >= 15 is 0 Å². The Labute approximate surface area is 90.6 Å². The molecule has 1 rings (SSSR count). The molecular formula is C5H7Cl3NTi. The van der Waals surface area contributed by atoms with Crippen LogP contribution in [0.4, 0.5) is 0 Å². The van der Waals surface area contributed by atoms with Gasteiger partial charge in [0.1, 0.15) is 0 Å². The average Bonchev–Trinajstić information content (AvgIpc) is 1.69. The molecule has 1 aromatic rings. The van der Waals surface area contributed by atoms with Crippen molar-refractivity contribution in [1.29, 1.82) is 0 Å². The van der Waals surface area contributed by atoms with Gasteiger partial charge in [0.15, 0.2) is 0 Å². The third kappa shape index (κ3) is 6.85. The molecule has 1 nitrogen and oxygen atoms in total. The summed E-state index contributed by atoms with van der Waals surface area (Å²) in [5.74, 6) is 0. The van der Waals surface area contributed by atoms with Crippen molar-refractivity contribution in [2.75, 3.05) is 0 Å². The summed E-state index contributed by atoms with van der Waals surface area (Å²) in [6.07, 6.45) is 3.60. The zero-order valence-electron chi connectivity index (χ0n) is 4.98. The first-order valence-corrected chi connectivity index (χ1v) is 2.79. The Bertz CT molecular complexity index is 147. The van der Waals surface area contributed by atoms with Crippen LogP contribution in [0.3, 0.4) is 0 Å². The van der Waals surface area contributed by atoms with Gasteiger partial charge in [0.25, 0.3) is 0 Å². The van der Waals surface area contributed by atoms with E-state index in [1.54, 1.807) is 6.20 Å². The molecule has 10 heavy (non-hydrogen) atoms. The molecule has 1 heterocycles. The molecule has 0 aliphatic heterocycles. The second-order valence-electron chi connectivity index (χ2n) is 1.24. The molecule has 0 spiro atoms. The number of hydrogen-bond donors (Lipinski definition) is 0. The Morgan fingerprint density at radius 2 is 1.80 bits per heavy atom. The maximum atomic E-state index is 3.88. The average molecular weight is 235 g/mol. The second kappa shape index (κ2) is 9.73. The Hall–Kier alpha value is 0.734. The van der Waals surface area contributed by atoms with E-state index in [1.165, 1.54) is 3.87 Å². The Morgan fingerprint density at radius 3 is 2.00 bits per heavy atom. The van der Waals surface area contributed by atoms with E-state index in [9.17, 15) is 0 Å². The third-order valence-corrected chi connectivity index (χ3v) is 1.12. The minimum absolute atomic E-state index is 0. The molecule has 0 N–H and O–H groups in total. The molecule has 5 heteroatoms. The summed E-state index contributed by atoms with van der Waals surface area (Å²) in [6, 6.07) is 3.95. The Morgan fingerprint density at radius 1 is 1.20 bits per heavy atom. The molecular weight excluding hydrogens is 228 g/mol. The van der Waals surface area contributed by atoms with E-state index in [1.807, 2.05) is 38.8 Å². The summed E-state index contributed by atoms with van der Waals surface area (Å²) in [6.45, 7) is 0. The Kier molecular flexibility index (Phi) is 16.6. The van der Waals surface area contributed by atoms with Crippen molar-refractivity contribution < 1.29 is 20.4 Å². The topological polar surface area (TPSA) is 12.9 Å². The van der Waals surface area contributed by atoms with Crippen LogP contribution in [0.15, 0.2) is 24.5 Å². The van der Waals surface area contributed by atoms with Gasteiger partial charge in [-0.3, -0.25) is 0 Å². The molecule has 0 unspecified atom stereocenters. The number of pyridine rings is 1. The number of nitrogens with zero attached hydrogens (tertiary/aromatic N) is 1. The quantitative estimate of drug-likeness (QED) is 0.621. The molecule has 0 saturated carbocycles. The molecule has 1 aromatic heterocycles. The molecule has 0 bridgehead atoms.